The molecule has 0 spiro atoms. The molecule has 3 rings (SSSR count). The minimum absolute atomic E-state index is 0.0854. The van der Waals surface area contributed by atoms with Crippen molar-refractivity contribution in [2.45, 2.75) is 25.1 Å². The van der Waals surface area contributed by atoms with E-state index >= 15 is 0 Å². The number of nitrogens with zero attached hydrogens (tertiary/aromatic N) is 4. The molecule has 2 heterocycles. The van der Waals surface area contributed by atoms with Crippen molar-refractivity contribution in [1.82, 2.24) is 14.3 Å². The molecule has 1 fully saturated rings. The Balaban J connectivity index is 1.68. The summed E-state index contributed by atoms with van der Waals surface area (Å²) in [6.45, 7) is 5.79. The highest BCUT2D eigenvalue weighted by Crippen LogP contribution is 2.26. The SMILES string of the molecule is CCNc1nc(C)cc(N2CCN(S(=O)(=O)c3ccc(OC(F)(F)F)cc3)CC2)n1. The number of piperazine rings is 1. The predicted molar refractivity (Wildman–Crippen MR) is 105 cm³/mol. The molecule has 0 aliphatic carbocycles. The summed E-state index contributed by atoms with van der Waals surface area (Å²) in [5, 5.41) is 3.07. The minimum atomic E-state index is -4.83. The molecule has 8 nitrogen and oxygen atoms in total. The molecular weight excluding hydrogens is 423 g/mol. The molecule has 1 aliphatic heterocycles. The lowest BCUT2D eigenvalue weighted by atomic mass is 10.3. The largest absolute Gasteiger partial charge is 0.573 e. The van der Waals surface area contributed by atoms with Crippen LogP contribution in [0.1, 0.15) is 12.6 Å². The van der Waals surface area contributed by atoms with E-state index in [-0.39, 0.29) is 18.0 Å². The summed E-state index contributed by atoms with van der Waals surface area (Å²) in [7, 11) is -3.83. The normalized spacial score (nSPS) is 15.8. The molecule has 1 aromatic heterocycles. The highest BCUT2D eigenvalue weighted by molar-refractivity contribution is 7.89. The van der Waals surface area contributed by atoms with Gasteiger partial charge in [0.2, 0.25) is 16.0 Å². The van der Waals surface area contributed by atoms with E-state index in [4.69, 9.17) is 0 Å². The van der Waals surface area contributed by atoms with Gasteiger partial charge in [0.05, 0.1) is 4.90 Å². The lowest BCUT2D eigenvalue weighted by Crippen LogP contribution is -2.49. The molecule has 0 radical (unpaired) electrons. The Bertz CT molecular complexity index is 976. The van der Waals surface area contributed by atoms with Crippen LogP contribution in [0.15, 0.2) is 35.2 Å². The lowest BCUT2D eigenvalue weighted by Gasteiger charge is -2.34. The summed E-state index contributed by atoms with van der Waals surface area (Å²) in [6, 6.07) is 6.04. The lowest BCUT2D eigenvalue weighted by molar-refractivity contribution is -0.274. The van der Waals surface area contributed by atoms with E-state index in [1.54, 1.807) is 0 Å². The predicted octanol–water partition coefficient (Wildman–Crippen LogP) is 2.63. The average Bonchev–Trinajstić information content (AvgIpc) is 2.67. The van der Waals surface area contributed by atoms with Crippen molar-refractivity contribution in [3.05, 3.63) is 36.0 Å². The number of ether oxygens (including phenoxy) is 1. The van der Waals surface area contributed by atoms with Gasteiger partial charge in [0, 0.05) is 44.5 Å². The summed E-state index contributed by atoms with van der Waals surface area (Å²) in [5.74, 6) is 0.759. The zero-order chi connectivity index (χ0) is 21.9. The molecule has 0 saturated carbocycles. The summed E-state index contributed by atoms with van der Waals surface area (Å²) >= 11 is 0. The maximum absolute atomic E-state index is 12.8. The quantitative estimate of drug-likeness (QED) is 0.731. The number of rotatable bonds is 6. The van der Waals surface area contributed by atoms with Crippen molar-refractivity contribution in [1.29, 1.82) is 0 Å². The van der Waals surface area contributed by atoms with Crippen LogP contribution in [0.25, 0.3) is 0 Å². The Morgan fingerprint density at radius 3 is 2.30 bits per heavy atom. The molecular formula is C18H22F3N5O3S. The van der Waals surface area contributed by atoms with Gasteiger partial charge in [0.1, 0.15) is 11.6 Å². The fraction of sp³-hybridized carbons (Fsp3) is 0.444. The van der Waals surface area contributed by atoms with E-state index in [0.29, 0.717) is 31.4 Å². The fourth-order valence-electron chi connectivity index (χ4n) is 3.07. The van der Waals surface area contributed by atoms with E-state index in [0.717, 1.165) is 30.0 Å². The molecule has 1 saturated heterocycles. The maximum Gasteiger partial charge on any atom is 0.573 e. The van der Waals surface area contributed by atoms with Gasteiger partial charge < -0.3 is 15.0 Å². The van der Waals surface area contributed by atoms with Crippen molar-refractivity contribution < 1.29 is 26.3 Å². The van der Waals surface area contributed by atoms with Crippen molar-refractivity contribution in [2.75, 3.05) is 42.9 Å². The summed E-state index contributed by atoms with van der Waals surface area (Å²) in [6.07, 6.45) is -4.83. The van der Waals surface area contributed by atoms with Crippen LogP contribution in [0.5, 0.6) is 5.75 Å². The highest BCUT2D eigenvalue weighted by Gasteiger charge is 2.32. The van der Waals surface area contributed by atoms with Crippen molar-refractivity contribution in [3.8, 4) is 5.75 Å². The van der Waals surface area contributed by atoms with Crippen LogP contribution in [0.3, 0.4) is 0 Å². The molecule has 2 aromatic rings. The van der Waals surface area contributed by atoms with Gasteiger partial charge in [0.15, 0.2) is 0 Å². The molecule has 0 atom stereocenters. The van der Waals surface area contributed by atoms with Crippen LogP contribution in [-0.2, 0) is 10.0 Å². The second kappa shape index (κ2) is 8.64. The molecule has 30 heavy (non-hydrogen) atoms. The van der Waals surface area contributed by atoms with Crippen molar-refractivity contribution in [3.63, 3.8) is 0 Å². The smallest absolute Gasteiger partial charge is 0.406 e. The number of aryl methyl sites for hydroxylation is 1. The van der Waals surface area contributed by atoms with Crippen LogP contribution in [0.2, 0.25) is 0 Å². The first kappa shape index (κ1) is 22.1. The third-order valence-electron chi connectivity index (χ3n) is 4.43. The van der Waals surface area contributed by atoms with Crippen LogP contribution in [0, 0.1) is 6.92 Å². The Hall–Kier alpha value is -2.60. The third-order valence-corrected chi connectivity index (χ3v) is 6.35. The van der Waals surface area contributed by atoms with Gasteiger partial charge in [0.25, 0.3) is 0 Å². The number of halogens is 3. The Kier molecular flexibility index (Phi) is 6.36. The van der Waals surface area contributed by atoms with E-state index in [1.807, 2.05) is 24.8 Å². The number of nitrogens with one attached hydrogen (secondary N) is 1. The van der Waals surface area contributed by atoms with Gasteiger partial charge in [-0.1, -0.05) is 0 Å². The number of hydrogen-bond donors (Lipinski definition) is 1. The molecule has 1 aromatic carbocycles. The topological polar surface area (TPSA) is 87.7 Å². The average molecular weight is 445 g/mol. The fourth-order valence-corrected chi connectivity index (χ4v) is 4.49. The Labute approximate surface area is 172 Å². The monoisotopic (exact) mass is 445 g/mol. The van der Waals surface area contributed by atoms with Crippen LogP contribution >= 0.6 is 0 Å². The maximum atomic E-state index is 12.8. The van der Waals surface area contributed by atoms with Gasteiger partial charge in [-0.3, -0.25) is 0 Å². The van der Waals surface area contributed by atoms with E-state index in [2.05, 4.69) is 20.0 Å². The third kappa shape index (κ3) is 5.30. The minimum Gasteiger partial charge on any atom is -0.406 e. The van der Waals surface area contributed by atoms with Gasteiger partial charge >= 0.3 is 6.36 Å². The van der Waals surface area contributed by atoms with Crippen LogP contribution in [-0.4, -0.2) is 61.8 Å². The highest BCUT2D eigenvalue weighted by atomic mass is 32.2. The second-order valence-electron chi connectivity index (χ2n) is 6.63. The van der Waals surface area contributed by atoms with Gasteiger partial charge in [-0.15, -0.1) is 13.2 Å². The standard InChI is InChI=1S/C18H22F3N5O3S/c1-3-22-17-23-13(2)12-16(24-17)25-8-10-26(11-9-25)30(27,28)15-6-4-14(5-7-15)29-18(19,20)21/h4-7,12H,3,8-11H2,1-2H3,(H,22,23,24). The first-order valence-electron chi connectivity index (χ1n) is 9.29. The first-order valence-corrected chi connectivity index (χ1v) is 10.7. The van der Waals surface area contributed by atoms with Gasteiger partial charge in [-0.05, 0) is 38.1 Å². The van der Waals surface area contributed by atoms with Gasteiger partial charge in [-0.2, -0.15) is 9.29 Å². The van der Waals surface area contributed by atoms with Crippen molar-refractivity contribution in [2.24, 2.45) is 0 Å². The molecule has 0 unspecified atom stereocenters. The first-order chi connectivity index (χ1) is 14.1. The molecule has 0 amide bonds. The number of benzene rings is 1. The number of sulfonamides is 1. The molecule has 164 valence electrons. The van der Waals surface area contributed by atoms with E-state index < -0.39 is 22.1 Å². The zero-order valence-corrected chi connectivity index (χ0v) is 17.3. The summed E-state index contributed by atoms with van der Waals surface area (Å²) in [4.78, 5) is 10.7. The second-order valence-corrected chi connectivity index (χ2v) is 8.57. The van der Waals surface area contributed by atoms with E-state index in [1.165, 1.54) is 4.31 Å². The van der Waals surface area contributed by atoms with Crippen LogP contribution < -0.4 is 15.0 Å². The molecule has 1 aliphatic rings. The Morgan fingerprint density at radius 2 is 1.73 bits per heavy atom. The number of aromatic nitrogens is 2. The number of alkyl halides is 3. The Morgan fingerprint density at radius 1 is 1.10 bits per heavy atom. The van der Waals surface area contributed by atoms with E-state index in [9.17, 15) is 21.6 Å². The van der Waals surface area contributed by atoms with Gasteiger partial charge in [-0.25, -0.2) is 13.4 Å². The zero-order valence-electron chi connectivity index (χ0n) is 16.5. The molecule has 0 bridgehead atoms. The summed E-state index contributed by atoms with van der Waals surface area (Å²) in [5.41, 5.74) is 0.798. The molecule has 1 N–H and O–H groups in total. The van der Waals surface area contributed by atoms with Crippen molar-refractivity contribution >= 4 is 21.8 Å². The summed E-state index contributed by atoms with van der Waals surface area (Å²) < 4.78 is 67.6. The number of hydrogen-bond acceptors (Lipinski definition) is 7. The number of anilines is 2. The molecule has 12 heteroatoms. The van der Waals surface area contributed by atoms with Crippen LogP contribution in [0.4, 0.5) is 24.9 Å².